The molecule has 0 atom stereocenters. The lowest BCUT2D eigenvalue weighted by atomic mass is 9.93. The standard InChI is InChI=1S/C24H38FN3O5/c25-22-11-21(33-9-1-2-18-5-7-26-8-6-18)4-3-20(22)10-23(31)28-13-19(14-28)12-27-15-24(32,16-29)17-30/h3-4,11,18-19,26-27,29-30,32H,1-2,5-10,12-17H2. The number of likely N-dealkylation sites (tertiary alicyclic amines) is 1. The summed E-state index contributed by atoms with van der Waals surface area (Å²) in [5.41, 5.74) is -1.18. The fourth-order valence-electron chi connectivity index (χ4n) is 4.34. The molecule has 186 valence electrons. The summed E-state index contributed by atoms with van der Waals surface area (Å²) in [7, 11) is 0. The Labute approximate surface area is 195 Å². The Kier molecular flexibility index (Phi) is 9.88. The second-order valence-electron chi connectivity index (χ2n) is 9.45. The van der Waals surface area contributed by atoms with Gasteiger partial charge in [0.2, 0.25) is 5.91 Å². The van der Waals surface area contributed by atoms with Crippen molar-refractivity contribution >= 4 is 5.91 Å². The summed E-state index contributed by atoms with van der Waals surface area (Å²) in [6.45, 7) is 3.44. The molecule has 0 unspecified atom stereocenters. The van der Waals surface area contributed by atoms with Gasteiger partial charge in [-0.1, -0.05) is 6.07 Å². The van der Waals surface area contributed by atoms with E-state index in [9.17, 15) is 14.3 Å². The second kappa shape index (κ2) is 12.6. The highest BCUT2D eigenvalue weighted by molar-refractivity contribution is 5.79. The Hall–Kier alpha value is -1.78. The maximum absolute atomic E-state index is 14.5. The van der Waals surface area contributed by atoms with Crippen LogP contribution in [0.25, 0.3) is 0 Å². The molecule has 2 fully saturated rings. The van der Waals surface area contributed by atoms with Gasteiger partial charge in [-0.05, 0) is 56.3 Å². The zero-order chi connectivity index (χ0) is 23.7. The number of piperidine rings is 1. The van der Waals surface area contributed by atoms with Crippen LogP contribution in [0.2, 0.25) is 0 Å². The third-order valence-corrected chi connectivity index (χ3v) is 6.64. The topological polar surface area (TPSA) is 114 Å². The first-order chi connectivity index (χ1) is 15.9. The molecule has 0 saturated carbocycles. The lowest BCUT2D eigenvalue weighted by Gasteiger charge is -2.40. The molecule has 0 aromatic heterocycles. The van der Waals surface area contributed by atoms with E-state index in [4.69, 9.17) is 14.9 Å². The molecule has 1 aromatic rings. The molecular formula is C24H38FN3O5. The SMILES string of the molecule is O=C(Cc1ccc(OCCCC2CCNCC2)cc1F)N1CC(CNCC(O)(CO)CO)C1. The Morgan fingerprint density at radius 1 is 1.21 bits per heavy atom. The minimum atomic E-state index is -1.54. The molecule has 2 aliphatic rings. The van der Waals surface area contributed by atoms with Crippen molar-refractivity contribution < 1.29 is 29.2 Å². The summed E-state index contributed by atoms with van der Waals surface area (Å²) in [4.78, 5) is 14.1. The van der Waals surface area contributed by atoms with Gasteiger partial charge in [0.1, 0.15) is 17.2 Å². The molecule has 3 rings (SSSR count). The first-order valence-corrected chi connectivity index (χ1v) is 12.0. The third kappa shape index (κ3) is 7.89. The number of benzene rings is 1. The monoisotopic (exact) mass is 467 g/mol. The summed E-state index contributed by atoms with van der Waals surface area (Å²) in [6.07, 6.45) is 4.52. The van der Waals surface area contributed by atoms with Crippen LogP contribution < -0.4 is 15.4 Å². The fraction of sp³-hybridized carbons (Fsp3) is 0.708. The van der Waals surface area contributed by atoms with Gasteiger partial charge in [0.15, 0.2) is 0 Å². The summed E-state index contributed by atoms with van der Waals surface area (Å²) >= 11 is 0. The Balaban J connectivity index is 1.33. The Bertz CT molecular complexity index is 750. The minimum Gasteiger partial charge on any atom is -0.493 e. The van der Waals surface area contributed by atoms with Gasteiger partial charge in [0, 0.05) is 38.2 Å². The van der Waals surface area contributed by atoms with Crippen molar-refractivity contribution in [1.82, 2.24) is 15.5 Å². The molecule has 2 heterocycles. The van der Waals surface area contributed by atoms with Crippen LogP contribution >= 0.6 is 0 Å². The van der Waals surface area contributed by atoms with E-state index in [2.05, 4.69) is 10.6 Å². The van der Waals surface area contributed by atoms with E-state index in [0.717, 1.165) is 31.8 Å². The van der Waals surface area contributed by atoms with Crippen molar-refractivity contribution in [3.8, 4) is 5.75 Å². The predicted octanol–water partition coefficient (Wildman–Crippen LogP) is 0.291. The second-order valence-corrected chi connectivity index (χ2v) is 9.45. The molecule has 2 saturated heterocycles. The highest BCUT2D eigenvalue weighted by atomic mass is 19.1. The highest BCUT2D eigenvalue weighted by Gasteiger charge is 2.32. The van der Waals surface area contributed by atoms with Gasteiger partial charge in [-0.2, -0.15) is 0 Å². The van der Waals surface area contributed by atoms with Gasteiger partial charge in [-0.3, -0.25) is 4.79 Å². The number of carbonyl (C=O) groups excluding carboxylic acids is 1. The van der Waals surface area contributed by atoms with E-state index >= 15 is 0 Å². The van der Waals surface area contributed by atoms with Crippen molar-refractivity contribution in [2.24, 2.45) is 11.8 Å². The summed E-state index contributed by atoms with van der Waals surface area (Å²) in [5, 5.41) is 34.3. The number of aliphatic hydroxyl groups excluding tert-OH is 2. The molecule has 5 N–H and O–H groups in total. The van der Waals surface area contributed by atoms with E-state index in [1.54, 1.807) is 17.0 Å². The smallest absolute Gasteiger partial charge is 0.227 e. The average molecular weight is 468 g/mol. The third-order valence-electron chi connectivity index (χ3n) is 6.64. The zero-order valence-corrected chi connectivity index (χ0v) is 19.3. The van der Waals surface area contributed by atoms with Crippen molar-refractivity contribution in [2.45, 2.75) is 37.7 Å². The number of hydrogen-bond acceptors (Lipinski definition) is 7. The number of ether oxygens (including phenoxy) is 1. The summed E-state index contributed by atoms with van der Waals surface area (Å²) in [5.74, 6) is 0.922. The van der Waals surface area contributed by atoms with Crippen molar-refractivity contribution in [3.05, 3.63) is 29.6 Å². The number of halogens is 1. The molecular weight excluding hydrogens is 429 g/mol. The van der Waals surface area contributed by atoms with E-state index < -0.39 is 24.6 Å². The number of nitrogens with zero attached hydrogens (tertiary/aromatic N) is 1. The highest BCUT2D eigenvalue weighted by Crippen LogP contribution is 2.22. The van der Waals surface area contributed by atoms with E-state index in [1.807, 2.05) is 0 Å². The van der Waals surface area contributed by atoms with Crippen LogP contribution in [-0.4, -0.2) is 90.8 Å². The van der Waals surface area contributed by atoms with E-state index in [0.29, 0.717) is 37.6 Å². The largest absolute Gasteiger partial charge is 0.493 e. The lowest BCUT2D eigenvalue weighted by Crippen LogP contribution is -2.55. The van der Waals surface area contributed by atoms with Crippen LogP contribution in [0.1, 0.15) is 31.2 Å². The van der Waals surface area contributed by atoms with Crippen LogP contribution in [0, 0.1) is 17.7 Å². The molecule has 33 heavy (non-hydrogen) atoms. The number of nitrogens with one attached hydrogen (secondary N) is 2. The maximum atomic E-state index is 14.5. The molecule has 1 aromatic carbocycles. The number of hydrogen-bond donors (Lipinski definition) is 5. The Morgan fingerprint density at radius 3 is 2.61 bits per heavy atom. The van der Waals surface area contributed by atoms with Crippen LogP contribution in [0.4, 0.5) is 4.39 Å². The molecule has 9 heteroatoms. The fourth-order valence-corrected chi connectivity index (χ4v) is 4.34. The van der Waals surface area contributed by atoms with Gasteiger partial charge in [0.25, 0.3) is 0 Å². The van der Waals surface area contributed by atoms with Crippen LogP contribution in [-0.2, 0) is 11.2 Å². The van der Waals surface area contributed by atoms with Gasteiger partial charge < -0.3 is 35.6 Å². The average Bonchev–Trinajstić information content (AvgIpc) is 2.80. The maximum Gasteiger partial charge on any atom is 0.227 e. The van der Waals surface area contributed by atoms with Crippen LogP contribution in [0.5, 0.6) is 5.75 Å². The van der Waals surface area contributed by atoms with Gasteiger partial charge in [-0.15, -0.1) is 0 Å². The van der Waals surface area contributed by atoms with E-state index in [1.165, 1.54) is 18.9 Å². The first kappa shape index (κ1) is 25.8. The predicted molar refractivity (Wildman–Crippen MR) is 122 cm³/mol. The quantitative estimate of drug-likeness (QED) is 0.265. The van der Waals surface area contributed by atoms with Gasteiger partial charge in [0.05, 0.1) is 26.2 Å². The van der Waals surface area contributed by atoms with Crippen LogP contribution in [0.3, 0.4) is 0 Å². The van der Waals surface area contributed by atoms with Crippen molar-refractivity contribution in [1.29, 1.82) is 0 Å². The van der Waals surface area contributed by atoms with Gasteiger partial charge >= 0.3 is 0 Å². The number of rotatable bonds is 13. The molecule has 8 nitrogen and oxygen atoms in total. The number of amides is 1. The molecule has 0 radical (unpaired) electrons. The van der Waals surface area contributed by atoms with Gasteiger partial charge in [-0.25, -0.2) is 4.39 Å². The molecule has 0 aliphatic carbocycles. The molecule has 2 aliphatic heterocycles. The minimum absolute atomic E-state index is 0.0107. The van der Waals surface area contributed by atoms with Crippen molar-refractivity contribution in [2.75, 3.05) is 59.1 Å². The first-order valence-electron chi connectivity index (χ1n) is 12.0. The normalized spacial score (nSPS) is 17.8. The molecule has 0 spiro atoms. The summed E-state index contributed by atoms with van der Waals surface area (Å²) in [6, 6.07) is 4.71. The lowest BCUT2D eigenvalue weighted by molar-refractivity contribution is -0.136. The Morgan fingerprint density at radius 2 is 1.94 bits per heavy atom. The number of aliphatic hydroxyl groups is 3. The molecule has 0 bridgehead atoms. The van der Waals surface area contributed by atoms with Crippen LogP contribution in [0.15, 0.2) is 18.2 Å². The molecule has 1 amide bonds. The van der Waals surface area contributed by atoms with Crippen molar-refractivity contribution in [3.63, 3.8) is 0 Å². The summed E-state index contributed by atoms with van der Waals surface area (Å²) < 4.78 is 20.2. The number of carbonyl (C=O) groups is 1. The van der Waals surface area contributed by atoms with E-state index in [-0.39, 0.29) is 24.8 Å². The zero-order valence-electron chi connectivity index (χ0n) is 19.3.